The third kappa shape index (κ3) is 9.75. The van der Waals surface area contributed by atoms with Gasteiger partial charge >= 0.3 is 5.97 Å². The van der Waals surface area contributed by atoms with Crippen molar-refractivity contribution in [2.24, 2.45) is 0 Å². The van der Waals surface area contributed by atoms with Gasteiger partial charge in [-0.05, 0) is 6.42 Å². The van der Waals surface area contributed by atoms with E-state index in [1.54, 1.807) is 0 Å². The van der Waals surface area contributed by atoms with Gasteiger partial charge in [0.25, 0.3) is 0 Å². The second-order valence-electron chi connectivity index (χ2n) is 8.40. The molecule has 0 bridgehead atoms. The molecule has 0 amide bonds. The summed E-state index contributed by atoms with van der Waals surface area (Å²) in [4.78, 5) is 11.9. The average molecular weight is 419 g/mol. The molecule has 0 heterocycles. The van der Waals surface area contributed by atoms with Crippen LogP contribution < -0.4 is 0 Å². The number of carbonyl (C=O) groups is 1. The largest absolute Gasteiger partial charge is 0.457 e. The zero-order valence-electron chi connectivity index (χ0n) is 17.9. The van der Waals surface area contributed by atoms with Crippen LogP contribution in [0.3, 0.4) is 0 Å². The van der Waals surface area contributed by atoms with Crippen LogP contribution in [0.5, 0.6) is 0 Å². The molecule has 0 aliphatic heterocycles. The van der Waals surface area contributed by atoms with E-state index < -0.39 is 42.6 Å². The van der Waals surface area contributed by atoms with Crippen LogP contribution in [0.1, 0.15) is 96.8 Å². The number of aliphatic hydroxyl groups is 5. The lowest BCUT2D eigenvalue weighted by Gasteiger charge is -2.41. The summed E-state index contributed by atoms with van der Waals surface area (Å²) in [6.45, 7) is 2.23. The van der Waals surface area contributed by atoms with E-state index in [0.29, 0.717) is 6.42 Å². The maximum atomic E-state index is 11.9. The van der Waals surface area contributed by atoms with Crippen molar-refractivity contribution in [2.75, 3.05) is 0 Å². The first-order valence-electron chi connectivity index (χ1n) is 11.5. The second kappa shape index (κ2) is 15.1. The minimum Gasteiger partial charge on any atom is -0.457 e. The van der Waals surface area contributed by atoms with E-state index in [-0.39, 0.29) is 6.42 Å². The zero-order chi connectivity index (χ0) is 21.6. The van der Waals surface area contributed by atoms with Crippen molar-refractivity contribution in [1.29, 1.82) is 0 Å². The predicted octanol–water partition coefficient (Wildman–Crippen LogP) is 2.20. The lowest BCUT2D eigenvalue weighted by atomic mass is 9.85. The van der Waals surface area contributed by atoms with Crippen LogP contribution in [-0.2, 0) is 9.53 Å². The molecule has 1 saturated carbocycles. The van der Waals surface area contributed by atoms with Gasteiger partial charge in [-0.15, -0.1) is 0 Å². The van der Waals surface area contributed by atoms with Crippen molar-refractivity contribution < 1.29 is 35.1 Å². The van der Waals surface area contributed by atoms with Gasteiger partial charge < -0.3 is 30.3 Å². The highest BCUT2D eigenvalue weighted by Gasteiger charge is 2.50. The molecule has 0 aromatic carbocycles. The van der Waals surface area contributed by atoms with E-state index in [2.05, 4.69) is 6.92 Å². The molecular weight excluding hydrogens is 376 g/mol. The highest BCUT2D eigenvalue weighted by atomic mass is 16.6. The summed E-state index contributed by atoms with van der Waals surface area (Å²) in [5.41, 5.74) is 0. The molecule has 0 saturated heterocycles. The average Bonchev–Trinajstić information content (AvgIpc) is 2.71. The van der Waals surface area contributed by atoms with Gasteiger partial charge in [0.1, 0.15) is 30.5 Å². The number of hydrogen-bond donors (Lipinski definition) is 5. The van der Waals surface area contributed by atoms with Gasteiger partial charge in [-0.2, -0.15) is 0 Å². The Kier molecular flexibility index (Phi) is 13.7. The molecule has 0 aromatic heterocycles. The Morgan fingerprint density at radius 2 is 0.931 bits per heavy atom. The summed E-state index contributed by atoms with van der Waals surface area (Å²) in [7, 11) is 0. The Morgan fingerprint density at radius 3 is 1.34 bits per heavy atom. The predicted molar refractivity (Wildman–Crippen MR) is 110 cm³/mol. The molecule has 0 aromatic rings. The number of hydrogen-bond acceptors (Lipinski definition) is 7. The van der Waals surface area contributed by atoms with E-state index in [1.165, 1.54) is 57.8 Å². The van der Waals surface area contributed by atoms with E-state index >= 15 is 0 Å². The number of carbonyl (C=O) groups excluding carboxylic acids is 1. The third-order valence-electron chi connectivity index (χ3n) is 5.82. The lowest BCUT2D eigenvalue weighted by molar-refractivity contribution is -0.233. The van der Waals surface area contributed by atoms with Gasteiger partial charge in [-0.25, -0.2) is 0 Å². The fourth-order valence-corrected chi connectivity index (χ4v) is 3.83. The van der Waals surface area contributed by atoms with Crippen molar-refractivity contribution in [3.8, 4) is 0 Å². The number of ether oxygens (including phenoxy) is 1. The maximum Gasteiger partial charge on any atom is 0.306 e. The lowest BCUT2D eigenvalue weighted by Crippen LogP contribution is -2.64. The SMILES string of the molecule is CCCCCCCCCCCCCCCC(=O)OC1C(O)C(O)C(O)C(O)C1O. The van der Waals surface area contributed by atoms with E-state index in [9.17, 15) is 30.3 Å². The van der Waals surface area contributed by atoms with E-state index in [1.807, 2.05) is 0 Å². The maximum absolute atomic E-state index is 11.9. The molecule has 7 heteroatoms. The fraction of sp³-hybridized carbons (Fsp3) is 0.955. The number of aliphatic hydroxyl groups excluding tert-OH is 5. The Bertz CT molecular complexity index is 415. The fourth-order valence-electron chi connectivity index (χ4n) is 3.83. The van der Waals surface area contributed by atoms with Crippen molar-refractivity contribution >= 4 is 5.97 Å². The molecule has 1 fully saturated rings. The number of unbranched alkanes of at least 4 members (excludes halogenated alkanes) is 12. The number of rotatable bonds is 15. The Hall–Kier alpha value is -0.730. The molecule has 1 aliphatic carbocycles. The smallest absolute Gasteiger partial charge is 0.306 e. The Balaban J connectivity index is 2.03. The van der Waals surface area contributed by atoms with Crippen LogP contribution in [0.2, 0.25) is 0 Å². The van der Waals surface area contributed by atoms with Crippen LogP contribution in [0, 0.1) is 0 Å². The van der Waals surface area contributed by atoms with Gasteiger partial charge in [-0.1, -0.05) is 84.0 Å². The molecule has 0 spiro atoms. The first kappa shape index (κ1) is 26.3. The summed E-state index contributed by atoms with van der Waals surface area (Å²) in [6.07, 6.45) is 5.99. The van der Waals surface area contributed by atoms with Crippen LogP contribution in [0.15, 0.2) is 0 Å². The van der Waals surface area contributed by atoms with E-state index in [0.717, 1.165) is 19.3 Å². The molecule has 5 N–H and O–H groups in total. The van der Waals surface area contributed by atoms with Crippen molar-refractivity contribution in [3.05, 3.63) is 0 Å². The first-order chi connectivity index (χ1) is 13.9. The van der Waals surface area contributed by atoms with Crippen molar-refractivity contribution in [3.63, 3.8) is 0 Å². The summed E-state index contributed by atoms with van der Waals surface area (Å²) < 4.78 is 5.04. The molecule has 1 aliphatic rings. The van der Waals surface area contributed by atoms with Gasteiger partial charge in [-0.3, -0.25) is 4.79 Å². The minimum absolute atomic E-state index is 0.155. The van der Waals surface area contributed by atoms with Gasteiger partial charge in [0, 0.05) is 6.42 Å². The Labute approximate surface area is 175 Å². The molecule has 7 nitrogen and oxygen atoms in total. The van der Waals surface area contributed by atoms with Crippen molar-refractivity contribution in [1.82, 2.24) is 0 Å². The zero-order valence-corrected chi connectivity index (χ0v) is 17.9. The summed E-state index contributed by atoms with van der Waals surface area (Å²) in [5.74, 6) is -0.591. The van der Waals surface area contributed by atoms with Gasteiger partial charge in [0.05, 0.1) is 0 Å². The molecular formula is C22H42O7. The normalized spacial score (nSPS) is 29.7. The van der Waals surface area contributed by atoms with Crippen LogP contribution >= 0.6 is 0 Å². The molecule has 0 radical (unpaired) electrons. The quantitative estimate of drug-likeness (QED) is 0.204. The monoisotopic (exact) mass is 418 g/mol. The van der Waals surface area contributed by atoms with Gasteiger partial charge in [0.2, 0.25) is 0 Å². The highest BCUT2D eigenvalue weighted by molar-refractivity contribution is 5.69. The molecule has 29 heavy (non-hydrogen) atoms. The van der Waals surface area contributed by atoms with E-state index in [4.69, 9.17) is 4.74 Å². The summed E-state index contributed by atoms with van der Waals surface area (Å²) in [6, 6.07) is 0. The third-order valence-corrected chi connectivity index (χ3v) is 5.82. The minimum atomic E-state index is -1.68. The van der Waals surface area contributed by atoms with Crippen LogP contribution in [0.4, 0.5) is 0 Å². The summed E-state index contributed by atoms with van der Waals surface area (Å²) in [5, 5.41) is 48.6. The van der Waals surface area contributed by atoms with Crippen molar-refractivity contribution in [2.45, 2.75) is 133 Å². The van der Waals surface area contributed by atoms with Crippen LogP contribution in [-0.4, -0.2) is 68.1 Å². The second-order valence-corrected chi connectivity index (χ2v) is 8.40. The molecule has 4 atom stereocenters. The topological polar surface area (TPSA) is 127 Å². The first-order valence-corrected chi connectivity index (χ1v) is 11.5. The van der Waals surface area contributed by atoms with Gasteiger partial charge in [0.15, 0.2) is 6.10 Å². The summed E-state index contributed by atoms with van der Waals surface area (Å²) >= 11 is 0. The molecule has 172 valence electrons. The molecule has 1 rings (SSSR count). The standard InChI is InChI=1S/C22H42O7/c1-2-3-4-5-6-7-8-9-10-11-12-13-14-15-16(23)29-22-20(27)18(25)17(24)19(26)21(22)28/h17-22,24-28H,2-15H2,1H3. The highest BCUT2D eigenvalue weighted by Crippen LogP contribution is 2.24. The molecule has 4 unspecified atom stereocenters. The number of esters is 1. The van der Waals surface area contributed by atoms with Crippen LogP contribution in [0.25, 0.3) is 0 Å². The Morgan fingerprint density at radius 1 is 0.586 bits per heavy atom.